The number of anilines is 1. The van der Waals surface area contributed by atoms with Crippen LogP contribution in [0.1, 0.15) is 36.1 Å². The minimum atomic E-state index is -0.0475. The molecule has 1 aromatic carbocycles. The smallest absolute Gasteiger partial charge is 0.226 e. The molecule has 9 heteroatoms. The second kappa shape index (κ2) is 10.1. The van der Waals surface area contributed by atoms with Crippen LogP contribution in [0.25, 0.3) is 20.8 Å². The fourth-order valence-electron chi connectivity index (χ4n) is 3.04. The molecular weight excluding hydrogens is 448 g/mol. The molecule has 3 aromatic heterocycles. The monoisotopic (exact) mass is 470 g/mol. The Labute approximate surface area is 192 Å². The van der Waals surface area contributed by atoms with Crippen molar-refractivity contribution in [3.05, 3.63) is 51.7 Å². The first-order valence-electron chi connectivity index (χ1n) is 10.00. The summed E-state index contributed by atoms with van der Waals surface area (Å²) in [6.07, 6.45) is 3.12. The number of fused-ring (bicyclic) bond motifs is 1. The lowest BCUT2D eigenvalue weighted by molar-refractivity contribution is -0.119. The third kappa shape index (κ3) is 5.96. The average Bonchev–Trinajstić information content (AvgIpc) is 3.48. The fraction of sp³-hybridized carbons (Fsp3) is 0.273. The molecule has 0 bridgehead atoms. The van der Waals surface area contributed by atoms with Crippen LogP contribution in [0.4, 0.5) is 5.13 Å². The first-order valence-corrected chi connectivity index (χ1v) is 12.5. The van der Waals surface area contributed by atoms with Crippen molar-refractivity contribution < 1.29 is 9.59 Å². The number of hydrogen-bond acceptors (Lipinski definition) is 7. The lowest BCUT2D eigenvalue weighted by atomic mass is 10.2. The summed E-state index contributed by atoms with van der Waals surface area (Å²) in [5.41, 5.74) is 1.89. The Bertz CT molecular complexity index is 1160. The van der Waals surface area contributed by atoms with Crippen molar-refractivity contribution in [2.24, 2.45) is 0 Å². The van der Waals surface area contributed by atoms with Gasteiger partial charge in [0, 0.05) is 23.6 Å². The molecule has 31 heavy (non-hydrogen) atoms. The number of thiazole rings is 2. The van der Waals surface area contributed by atoms with Gasteiger partial charge < -0.3 is 10.6 Å². The van der Waals surface area contributed by atoms with Gasteiger partial charge in [-0.2, -0.15) is 0 Å². The molecule has 0 saturated heterocycles. The summed E-state index contributed by atoms with van der Waals surface area (Å²) in [5, 5.41) is 9.37. The molecule has 0 atom stereocenters. The van der Waals surface area contributed by atoms with E-state index in [1.807, 2.05) is 35.7 Å². The molecule has 0 aliphatic heterocycles. The van der Waals surface area contributed by atoms with E-state index in [0.29, 0.717) is 18.1 Å². The SMILES string of the molecule is CC(=O)NCc1ccc(-c2csc(NC(=O)CCCCc3nc4ccccc4s3)n2)s1. The highest BCUT2D eigenvalue weighted by atomic mass is 32.1. The Balaban J connectivity index is 1.22. The van der Waals surface area contributed by atoms with E-state index in [2.05, 4.69) is 26.7 Å². The third-order valence-electron chi connectivity index (χ3n) is 4.56. The number of benzene rings is 1. The maximum Gasteiger partial charge on any atom is 0.226 e. The van der Waals surface area contributed by atoms with Gasteiger partial charge in [-0.25, -0.2) is 9.97 Å². The van der Waals surface area contributed by atoms with Gasteiger partial charge in [-0.05, 0) is 43.5 Å². The zero-order valence-electron chi connectivity index (χ0n) is 17.0. The number of carbonyl (C=O) groups excluding carboxylic acids is 2. The number of nitrogens with one attached hydrogen (secondary N) is 2. The van der Waals surface area contributed by atoms with E-state index in [1.165, 1.54) is 23.0 Å². The molecule has 0 saturated carbocycles. The molecule has 4 aromatic rings. The molecule has 160 valence electrons. The van der Waals surface area contributed by atoms with Crippen LogP contribution in [0, 0.1) is 0 Å². The summed E-state index contributed by atoms with van der Waals surface area (Å²) < 4.78 is 1.21. The molecule has 0 unspecified atom stereocenters. The summed E-state index contributed by atoms with van der Waals surface area (Å²) in [4.78, 5) is 34.6. The molecule has 0 radical (unpaired) electrons. The Morgan fingerprint density at radius 3 is 2.74 bits per heavy atom. The van der Waals surface area contributed by atoms with Crippen molar-refractivity contribution in [2.75, 3.05) is 5.32 Å². The Morgan fingerprint density at radius 2 is 1.90 bits per heavy atom. The number of para-hydroxylation sites is 1. The number of unbranched alkanes of at least 4 members (excludes halogenated alkanes) is 1. The number of amides is 2. The molecule has 6 nitrogen and oxygen atoms in total. The minimum Gasteiger partial charge on any atom is -0.351 e. The van der Waals surface area contributed by atoms with Gasteiger partial charge in [0.05, 0.1) is 32.3 Å². The molecule has 3 heterocycles. The van der Waals surface area contributed by atoms with E-state index < -0.39 is 0 Å². The Kier molecular flexibility index (Phi) is 7.06. The summed E-state index contributed by atoms with van der Waals surface area (Å²) in [7, 11) is 0. The van der Waals surface area contributed by atoms with Gasteiger partial charge >= 0.3 is 0 Å². The van der Waals surface area contributed by atoms with Gasteiger partial charge in [-0.1, -0.05) is 12.1 Å². The lowest BCUT2D eigenvalue weighted by Gasteiger charge is -2.01. The minimum absolute atomic E-state index is 0.0114. The highest BCUT2D eigenvalue weighted by Gasteiger charge is 2.11. The van der Waals surface area contributed by atoms with Crippen LogP contribution in [-0.4, -0.2) is 21.8 Å². The number of hydrogen-bond donors (Lipinski definition) is 2. The van der Waals surface area contributed by atoms with Crippen molar-refractivity contribution in [1.29, 1.82) is 0 Å². The van der Waals surface area contributed by atoms with Crippen molar-refractivity contribution in [2.45, 2.75) is 39.2 Å². The topological polar surface area (TPSA) is 84.0 Å². The first kappa shape index (κ1) is 21.6. The number of carbonyl (C=O) groups is 2. The molecule has 0 fully saturated rings. The summed E-state index contributed by atoms with van der Waals surface area (Å²) in [6.45, 7) is 2.02. The maximum atomic E-state index is 12.3. The lowest BCUT2D eigenvalue weighted by Crippen LogP contribution is -2.17. The van der Waals surface area contributed by atoms with Gasteiger partial charge in [0.15, 0.2) is 5.13 Å². The van der Waals surface area contributed by atoms with Crippen molar-refractivity contribution in [1.82, 2.24) is 15.3 Å². The van der Waals surface area contributed by atoms with Gasteiger partial charge in [-0.15, -0.1) is 34.0 Å². The third-order valence-corrected chi connectivity index (χ3v) is 7.52. The Morgan fingerprint density at radius 1 is 1.03 bits per heavy atom. The predicted molar refractivity (Wildman–Crippen MR) is 129 cm³/mol. The molecule has 0 aliphatic carbocycles. The summed E-state index contributed by atoms with van der Waals surface area (Å²) >= 11 is 4.74. The van der Waals surface area contributed by atoms with Crippen LogP contribution >= 0.6 is 34.0 Å². The van der Waals surface area contributed by atoms with E-state index in [9.17, 15) is 9.59 Å². The van der Waals surface area contributed by atoms with Crippen molar-refractivity contribution in [3.8, 4) is 10.6 Å². The second-order valence-electron chi connectivity index (χ2n) is 7.04. The number of thiophene rings is 1. The van der Waals surface area contributed by atoms with E-state index in [-0.39, 0.29) is 11.8 Å². The highest BCUT2D eigenvalue weighted by molar-refractivity contribution is 7.18. The molecule has 0 aliphatic rings. The maximum absolute atomic E-state index is 12.3. The summed E-state index contributed by atoms with van der Waals surface area (Å²) in [5.74, 6) is -0.0589. The molecule has 4 rings (SSSR count). The van der Waals surface area contributed by atoms with E-state index in [4.69, 9.17) is 0 Å². The number of aromatic nitrogens is 2. The van der Waals surface area contributed by atoms with Gasteiger partial charge in [0.1, 0.15) is 0 Å². The highest BCUT2D eigenvalue weighted by Crippen LogP contribution is 2.31. The Hall–Kier alpha value is -2.62. The quantitative estimate of drug-likeness (QED) is 0.318. The van der Waals surface area contributed by atoms with Crippen LogP contribution in [-0.2, 0) is 22.6 Å². The van der Waals surface area contributed by atoms with Crippen molar-refractivity contribution in [3.63, 3.8) is 0 Å². The van der Waals surface area contributed by atoms with E-state index in [1.54, 1.807) is 22.7 Å². The van der Waals surface area contributed by atoms with Gasteiger partial charge in [0.2, 0.25) is 11.8 Å². The van der Waals surface area contributed by atoms with Gasteiger partial charge in [0.25, 0.3) is 0 Å². The van der Waals surface area contributed by atoms with Crippen LogP contribution < -0.4 is 10.6 Å². The fourth-order valence-corrected chi connectivity index (χ4v) is 5.76. The summed E-state index contributed by atoms with van der Waals surface area (Å²) in [6, 6.07) is 12.1. The average molecular weight is 471 g/mol. The zero-order valence-corrected chi connectivity index (χ0v) is 19.5. The van der Waals surface area contributed by atoms with Crippen LogP contribution in [0.15, 0.2) is 41.8 Å². The van der Waals surface area contributed by atoms with Gasteiger partial charge in [-0.3, -0.25) is 9.59 Å². The molecule has 2 amide bonds. The van der Waals surface area contributed by atoms with E-state index >= 15 is 0 Å². The van der Waals surface area contributed by atoms with Crippen molar-refractivity contribution >= 4 is 61.2 Å². The normalized spacial score (nSPS) is 11.0. The van der Waals surface area contributed by atoms with Crippen LogP contribution in [0.3, 0.4) is 0 Å². The number of rotatable bonds is 9. The van der Waals surface area contributed by atoms with E-state index in [0.717, 1.165) is 45.2 Å². The van der Waals surface area contributed by atoms with Crippen LogP contribution in [0.5, 0.6) is 0 Å². The standard InChI is InChI=1S/C22H22N4O2S3/c1-14(27)23-12-15-10-11-19(30-15)17-13-29-22(25-17)26-20(28)8-4-5-9-21-24-16-6-2-3-7-18(16)31-21/h2-3,6-7,10-11,13H,4-5,8-9,12H2,1H3,(H,23,27)(H,25,26,28). The molecule has 2 N–H and O–H groups in total. The first-order chi connectivity index (χ1) is 15.1. The predicted octanol–water partition coefficient (Wildman–Crippen LogP) is 5.47. The van der Waals surface area contributed by atoms with Crippen LogP contribution in [0.2, 0.25) is 0 Å². The molecular formula is C22H22N4O2S3. The number of nitrogens with zero attached hydrogens (tertiary/aromatic N) is 2. The molecule has 0 spiro atoms. The zero-order chi connectivity index (χ0) is 21.6. The largest absolute Gasteiger partial charge is 0.351 e. The second-order valence-corrected chi connectivity index (χ2v) is 10.2. The number of aryl methyl sites for hydroxylation is 1.